The van der Waals surface area contributed by atoms with Crippen molar-refractivity contribution in [3.05, 3.63) is 72.0 Å². The van der Waals surface area contributed by atoms with Crippen LogP contribution in [-0.2, 0) is 0 Å². The molecule has 2 N–H and O–H groups in total. The van der Waals surface area contributed by atoms with Crippen molar-refractivity contribution in [3.8, 4) is 11.3 Å². The van der Waals surface area contributed by atoms with E-state index in [4.69, 9.17) is 4.42 Å². The average molecular weight is 404 g/mol. The first-order valence-corrected chi connectivity index (χ1v) is 10.6. The third-order valence-electron chi connectivity index (χ3n) is 5.78. The average Bonchev–Trinajstić information content (AvgIpc) is 3.44. The number of amides is 1. The fourth-order valence-corrected chi connectivity index (χ4v) is 3.83. The molecule has 2 aromatic carbocycles. The standard InChI is InChI=1S/C25H29N3O2/c1-17(2)18-4-6-19(7-5-18)23-12-13-24(30-23)25(29)27-20-8-10-22(11-9-20)28-15-14-21(16-28)26-3/h4-13,17,21,26H,14-16H2,1-3H3,(H,27,29). The maximum atomic E-state index is 12.6. The van der Waals surface area contributed by atoms with Gasteiger partial charge < -0.3 is 20.0 Å². The maximum Gasteiger partial charge on any atom is 0.291 e. The molecule has 1 saturated heterocycles. The molecule has 1 atom stereocenters. The zero-order chi connectivity index (χ0) is 21.1. The van der Waals surface area contributed by atoms with E-state index in [1.54, 1.807) is 6.07 Å². The van der Waals surface area contributed by atoms with Crippen molar-refractivity contribution < 1.29 is 9.21 Å². The topological polar surface area (TPSA) is 57.5 Å². The minimum atomic E-state index is -0.246. The van der Waals surface area contributed by atoms with E-state index in [2.05, 4.69) is 53.6 Å². The molecule has 1 fully saturated rings. The van der Waals surface area contributed by atoms with Gasteiger partial charge in [-0.3, -0.25) is 4.79 Å². The Bertz CT molecular complexity index is 990. The normalized spacial score (nSPS) is 16.3. The molecule has 1 aliphatic heterocycles. The molecule has 0 spiro atoms. The van der Waals surface area contributed by atoms with Gasteiger partial charge in [-0.05, 0) is 61.3 Å². The van der Waals surface area contributed by atoms with Crippen LogP contribution in [0.4, 0.5) is 11.4 Å². The molecular formula is C25H29N3O2. The molecule has 4 rings (SSSR count). The van der Waals surface area contributed by atoms with Crippen molar-refractivity contribution in [1.29, 1.82) is 0 Å². The Balaban J connectivity index is 1.39. The SMILES string of the molecule is CNC1CCN(c2ccc(NC(=O)c3ccc(-c4ccc(C(C)C)cc4)o3)cc2)C1. The van der Waals surface area contributed by atoms with Crippen molar-refractivity contribution in [2.75, 3.05) is 30.4 Å². The summed E-state index contributed by atoms with van der Waals surface area (Å²) in [6.07, 6.45) is 1.15. The zero-order valence-electron chi connectivity index (χ0n) is 17.8. The van der Waals surface area contributed by atoms with Gasteiger partial charge in [-0.25, -0.2) is 0 Å². The zero-order valence-corrected chi connectivity index (χ0v) is 17.8. The number of nitrogens with one attached hydrogen (secondary N) is 2. The van der Waals surface area contributed by atoms with Crippen LogP contribution in [0.3, 0.4) is 0 Å². The Morgan fingerprint density at radius 3 is 2.40 bits per heavy atom. The summed E-state index contributed by atoms with van der Waals surface area (Å²) in [5.41, 5.74) is 4.18. The molecule has 0 radical (unpaired) electrons. The fourth-order valence-electron chi connectivity index (χ4n) is 3.83. The predicted molar refractivity (Wildman–Crippen MR) is 122 cm³/mol. The van der Waals surface area contributed by atoms with Crippen molar-refractivity contribution in [3.63, 3.8) is 0 Å². The van der Waals surface area contributed by atoms with E-state index in [0.717, 1.165) is 30.8 Å². The Kier molecular flexibility index (Phi) is 5.91. The highest BCUT2D eigenvalue weighted by molar-refractivity contribution is 6.02. The summed E-state index contributed by atoms with van der Waals surface area (Å²) < 4.78 is 5.81. The second-order valence-electron chi connectivity index (χ2n) is 8.16. The Morgan fingerprint density at radius 1 is 1.03 bits per heavy atom. The second-order valence-corrected chi connectivity index (χ2v) is 8.16. The summed E-state index contributed by atoms with van der Waals surface area (Å²) in [6, 6.07) is 20.4. The van der Waals surface area contributed by atoms with E-state index in [-0.39, 0.29) is 5.91 Å². The lowest BCUT2D eigenvalue weighted by molar-refractivity contribution is 0.0997. The van der Waals surface area contributed by atoms with Crippen molar-refractivity contribution in [2.45, 2.75) is 32.2 Å². The lowest BCUT2D eigenvalue weighted by atomic mass is 10.0. The number of nitrogens with zero attached hydrogens (tertiary/aromatic N) is 1. The van der Waals surface area contributed by atoms with Crippen LogP contribution in [0.15, 0.2) is 65.1 Å². The minimum Gasteiger partial charge on any atom is -0.451 e. The Labute approximate surface area is 178 Å². The monoisotopic (exact) mass is 403 g/mol. The molecular weight excluding hydrogens is 374 g/mol. The second kappa shape index (κ2) is 8.76. The van der Waals surface area contributed by atoms with Gasteiger partial charge in [0.15, 0.2) is 5.76 Å². The molecule has 1 amide bonds. The van der Waals surface area contributed by atoms with Crippen molar-refractivity contribution in [2.24, 2.45) is 0 Å². The summed E-state index contributed by atoms with van der Waals surface area (Å²) in [5.74, 6) is 1.24. The molecule has 30 heavy (non-hydrogen) atoms. The number of rotatable bonds is 6. The first kappa shape index (κ1) is 20.2. The van der Waals surface area contributed by atoms with E-state index in [0.29, 0.717) is 23.5 Å². The van der Waals surface area contributed by atoms with Crippen LogP contribution in [0.2, 0.25) is 0 Å². The van der Waals surface area contributed by atoms with Crippen LogP contribution in [-0.4, -0.2) is 32.1 Å². The van der Waals surface area contributed by atoms with Gasteiger partial charge in [-0.1, -0.05) is 38.1 Å². The van der Waals surface area contributed by atoms with E-state index in [9.17, 15) is 4.79 Å². The minimum absolute atomic E-state index is 0.246. The van der Waals surface area contributed by atoms with Crippen LogP contribution >= 0.6 is 0 Å². The number of benzene rings is 2. The van der Waals surface area contributed by atoms with Gasteiger partial charge in [-0.15, -0.1) is 0 Å². The van der Waals surface area contributed by atoms with Crippen molar-refractivity contribution >= 4 is 17.3 Å². The highest BCUT2D eigenvalue weighted by atomic mass is 16.3. The summed E-state index contributed by atoms with van der Waals surface area (Å²) >= 11 is 0. The third-order valence-corrected chi connectivity index (χ3v) is 5.78. The summed E-state index contributed by atoms with van der Waals surface area (Å²) in [7, 11) is 2.01. The highest BCUT2D eigenvalue weighted by Crippen LogP contribution is 2.26. The number of likely N-dealkylation sites (N-methyl/N-ethyl adjacent to an activating group) is 1. The van der Waals surface area contributed by atoms with Crippen LogP contribution < -0.4 is 15.5 Å². The number of hydrogen-bond donors (Lipinski definition) is 2. The third kappa shape index (κ3) is 4.41. The molecule has 0 bridgehead atoms. The molecule has 2 heterocycles. The largest absolute Gasteiger partial charge is 0.451 e. The van der Waals surface area contributed by atoms with Crippen molar-refractivity contribution in [1.82, 2.24) is 5.32 Å². The number of carbonyl (C=O) groups is 1. The highest BCUT2D eigenvalue weighted by Gasteiger charge is 2.21. The first-order chi connectivity index (χ1) is 14.5. The summed E-state index contributed by atoms with van der Waals surface area (Å²) in [5, 5.41) is 6.25. The lowest BCUT2D eigenvalue weighted by Crippen LogP contribution is -2.29. The molecule has 3 aromatic rings. The number of anilines is 2. The number of carbonyl (C=O) groups excluding carboxylic acids is 1. The van der Waals surface area contributed by atoms with Gasteiger partial charge >= 0.3 is 0 Å². The van der Waals surface area contributed by atoms with Gasteiger partial charge in [0.2, 0.25) is 0 Å². The molecule has 0 aliphatic carbocycles. The maximum absolute atomic E-state index is 12.6. The first-order valence-electron chi connectivity index (χ1n) is 10.6. The number of hydrogen-bond acceptors (Lipinski definition) is 4. The van der Waals surface area contributed by atoms with E-state index < -0.39 is 0 Å². The van der Waals surface area contributed by atoms with Crippen LogP contribution in [0.25, 0.3) is 11.3 Å². The summed E-state index contributed by atoms with van der Waals surface area (Å²) in [4.78, 5) is 15.0. The van der Waals surface area contributed by atoms with E-state index in [1.807, 2.05) is 37.4 Å². The molecule has 156 valence electrons. The fraction of sp³-hybridized carbons (Fsp3) is 0.320. The van der Waals surface area contributed by atoms with Crippen LogP contribution in [0, 0.1) is 0 Å². The number of furan rings is 1. The summed E-state index contributed by atoms with van der Waals surface area (Å²) in [6.45, 7) is 6.39. The molecule has 5 heteroatoms. The molecule has 0 saturated carbocycles. The predicted octanol–water partition coefficient (Wildman–Crippen LogP) is 5.12. The van der Waals surface area contributed by atoms with Crippen LogP contribution in [0.5, 0.6) is 0 Å². The van der Waals surface area contributed by atoms with Gasteiger partial charge in [0, 0.05) is 36.1 Å². The van der Waals surface area contributed by atoms with Gasteiger partial charge in [0.1, 0.15) is 5.76 Å². The molecule has 1 aromatic heterocycles. The Hall–Kier alpha value is -3.05. The van der Waals surface area contributed by atoms with E-state index >= 15 is 0 Å². The van der Waals surface area contributed by atoms with Gasteiger partial charge in [-0.2, -0.15) is 0 Å². The molecule has 5 nitrogen and oxygen atoms in total. The molecule has 1 unspecified atom stereocenters. The smallest absolute Gasteiger partial charge is 0.291 e. The van der Waals surface area contributed by atoms with Gasteiger partial charge in [0.25, 0.3) is 5.91 Å². The molecule has 1 aliphatic rings. The van der Waals surface area contributed by atoms with Gasteiger partial charge in [0.05, 0.1) is 0 Å². The van der Waals surface area contributed by atoms with E-state index in [1.165, 1.54) is 11.3 Å². The quantitative estimate of drug-likeness (QED) is 0.600. The van der Waals surface area contributed by atoms with Crippen LogP contribution in [0.1, 0.15) is 42.3 Å². The lowest BCUT2D eigenvalue weighted by Gasteiger charge is -2.19. The Morgan fingerprint density at radius 2 is 1.77 bits per heavy atom.